The van der Waals surface area contributed by atoms with Crippen molar-refractivity contribution in [1.82, 2.24) is 25.5 Å². The molecule has 222 valence electrons. The average molecular weight is 598 g/mol. The van der Waals surface area contributed by atoms with Gasteiger partial charge in [0.15, 0.2) is 0 Å². The van der Waals surface area contributed by atoms with E-state index in [0.29, 0.717) is 41.2 Å². The maximum Gasteiger partial charge on any atom is 0.258 e. The van der Waals surface area contributed by atoms with Crippen LogP contribution in [-0.4, -0.2) is 39.9 Å². The van der Waals surface area contributed by atoms with E-state index in [9.17, 15) is 4.79 Å². The third-order valence-electron chi connectivity index (χ3n) is 7.96. The Bertz CT molecular complexity index is 1860. The zero-order valence-corrected chi connectivity index (χ0v) is 25.8. The van der Waals surface area contributed by atoms with Crippen LogP contribution >= 0.6 is 11.6 Å². The van der Waals surface area contributed by atoms with Crippen molar-refractivity contribution in [3.63, 3.8) is 0 Å². The predicted molar refractivity (Wildman–Crippen MR) is 174 cm³/mol. The topological polar surface area (TPSA) is 95.5 Å². The summed E-state index contributed by atoms with van der Waals surface area (Å²) in [5, 5.41) is 12.1. The Balaban J connectivity index is 1.49. The monoisotopic (exact) mass is 597 g/mol. The first-order chi connectivity index (χ1) is 20.5. The third kappa shape index (κ3) is 5.38. The first-order valence-electron chi connectivity index (χ1n) is 14.3. The van der Waals surface area contributed by atoms with Crippen molar-refractivity contribution in [2.75, 3.05) is 30.4 Å². The number of ether oxygens (including phenoxy) is 1. The average Bonchev–Trinajstić information content (AvgIpc) is 3.45. The fraction of sp³-hybridized carbons (Fsp3) is 0.333. The maximum absolute atomic E-state index is 13.1. The van der Waals surface area contributed by atoms with Gasteiger partial charge in [0.2, 0.25) is 0 Å². The van der Waals surface area contributed by atoms with Gasteiger partial charge in [-0.05, 0) is 47.6 Å². The van der Waals surface area contributed by atoms with Crippen LogP contribution < -0.4 is 27.2 Å². The molecule has 0 saturated carbocycles. The molecule has 2 aromatic carbocycles. The van der Waals surface area contributed by atoms with Crippen molar-refractivity contribution < 1.29 is 4.74 Å². The summed E-state index contributed by atoms with van der Waals surface area (Å²) in [5.41, 5.74) is 11.2. The van der Waals surface area contributed by atoms with E-state index in [-0.39, 0.29) is 22.6 Å². The first-order valence-corrected chi connectivity index (χ1v) is 14.6. The van der Waals surface area contributed by atoms with Crippen LogP contribution in [0.4, 0.5) is 11.4 Å². The van der Waals surface area contributed by atoms with Crippen molar-refractivity contribution >= 4 is 44.7 Å². The molecule has 0 bridgehead atoms. The fourth-order valence-corrected chi connectivity index (χ4v) is 5.71. The lowest BCUT2D eigenvalue weighted by Gasteiger charge is -2.44. The molecule has 0 aliphatic carbocycles. The van der Waals surface area contributed by atoms with Crippen LogP contribution in [0.5, 0.6) is 0 Å². The Kier molecular flexibility index (Phi) is 7.25. The summed E-state index contributed by atoms with van der Waals surface area (Å²) in [6.07, 6.45) is 11.4. The highest BCUT2D eigenvalue weighted by molar-refractivity contribution is 6.35. The second-order valence-electron chi connectivity index (χ2n) is 12.8. The smallest absolute Gasteiger partial charge is 0.258 e. The second kappa shape index (κ2) is 10.8. The van der Waals surface area contributed by atoms with Crippen LogP contribution in [0.25, 0.3) is 21.7 Å². The molecule has 0 spiro atoms. The molecule has 1 saturated heterocycles. The molecule has 4 aromatic rings. The number of aryl methyl sites for hydroxylation is 1. The standard InChI is InChI=1S/C33H36ClN7O2/c1-7-20-15-35-29-25(28(20)36-17-32(2,3)4)13-21(14-26(29)34)37-30(27-16-41(39-38-27)33(5)18-43-19-33)23-9-8-10-24-22(23)11-12-40(6)31(24)42/h1,8-16,30,37-39H,17-19H2,2-6H3,(H,35,36)/t30-/m0/s1. The summed E-state index contributed by atoms with van der Waals surface area (Å²) >= 11 is 6.86. The molecule has 4 N–H and O–H groups in total. The van der Waals surface area contributed by atoms with Crippen LogP contribution in [0, 0.1) is 17.8 Å². The molecule has 1 fully saturated rings. The van der Waals surface area contributed by atoms with Crippen molar-refractivity contribution in [2.24, 2.45) is 12.5 Å². The van der Waals surface area contributed by atoms with Gasteiger partial charge in [0.05, 0.1) is 46.7 Å². The lowest BCUT2D eigenvalue weighted by molar-refractivity contribution is -0.129. The molecular weight excluding hydrogens is 562 g/mol. The van der Waals surface area contributed by atoms with E-state index in [4.69, 9.17) is 22.8 Å². The van der Waals surface area contributed by atoms with Crippen molar-refractivity contribution in [3.05, 3.63) is 87.2 Å². The summed E-state index contributed by atoms with van der Waals surface area (Å²) in [5.74, 6) is 2.77. The number of hydrazine groups is 2. The number of nitrogens with one attached hydrogen (secondary N) is 4. The van der Waals surface area contributed by atoms with Crippen LogP contribution in [0.15, 0.2) is 65.5 Å². The largest absolute Gasteiger partial charge is 0.383 e. The molecular formula is C33H36ClN7O2. The molecule has 6 rings (SSSR count). The van der Waals surface area contributed by atoms with Gasteiger partial charge in [0, 0.05) is 48.6 Å². The van der Waals surface area contributed by atoms with Gasteiger partial charge in [-0.15, -0.1) is 12.0 Å². The zero-order valence-electron chi connectivity index (χ0n) is 25.0. The van der Waals surface area contributed by atoms with Gasteiger partial charge in [0.1, 0.15) is 5.54 Å². The van der Waals surface area contributed by atoms with Gasteiger partial charge in [-0.2, -0.15) is 0 Å². The Morgan fingerprint density at radius 3 is 2.70 bits per heavy atom. The summed E-state index contributed by atoms with van der Waals surface area (Å²) < 4.78 is 7.09. The lowest BCUT2D eigenvalue weighted by atomic mass is 9.96. The molecule has 1 atom stereocenters. The SMILES string of the molecule is C#Cc1cnc2c(Cl)cc(N[C@H](C3=CN(C4(C)COC4)NN3)c3cccc4c(=O)n(C)ccc34)cc2c1NCC(C)(C)C. The van der Waals surface area contributed by atoms with Crippen LogP contribution in [0.1, 0.15) is 44.9 Å². The number of terminal acetylenes is 1. The minimum Gasteiger partial charge on any atom is -0.383 e. The number of anilines is 2. The van der Waals surface area contributed by atoms with E-state index in [1.807, 2.05) is 41.4 Å². The normalized spacial score (nSPS) is 16.8. The number of hydrogen-bond acceptors (Lipinski definition) is 8. The van der Waals surface area contributed by atoms with Crippen molar-refractivity contribution in [1.29, 1.82) is 0 Å². The predicted octanol–water partition coefficient (Wildman–Crippen LogP) is 5.29. The number of hydrogen-bond donors (Lipinski definition) is 4. The number of nitrogens with zero attached hydrogens (tertiary/aromatic N) is 3. The van der Waals surface area contributed by atoms with E-state index in [1.165, 1.54) is 0 Å². The fourth-order valence-electron chi connectivity index (χ4n) is 5.44. The highest BCUT2D eigenvalue weighted by atomic mass is 35.5. The van der Waals surface area contributed by atoms with E-state index in [0.717, 1.165) is 33.4 Å². The Labute approximate surface area is 256 Å². The van der Waals surface area contributed by atoms with Gasteiger partial charge in [-0.1, -0.05) is 50.4 Å². The quantitative estimate of drug-likeness (QED) is 0.214. The van der Waals surface area contributed by atoms with Crippen molar-refractivity contribution in [3.8, 4) is 12.3 Å². The molecule has 9 nitrogen and oxygen atoms in total. The highest BCUT2D eigenvalue weighted by Gasteiger charge is 2.41. The zero-order chi connectivity index (χ0) is 30.5. The highest BCUT2D eigenvalue weighted by Crippen LogP contribution is 2.38. The molecule has 2 aliphatic heterocycles. The van der Waals surface area contributed by atoms with Crippen LogP contribution in [-0.2, 0) is 11.8 Å². The second-order valence-corrected chi connectivity index (χ2v) is 13.2. The van der Waals surface area contributed by atoms with E-state index in [2.05, 4.69) is 66.4 Å². The molecule has 10 heteroatoms. The van der Waals surface area contributed by atoms with Gasteiger partial charge in [0.25, 0.3) is 5.56 Å². The number of benzene rings is 2. The lowest BCUT2D eigenvalue weighted by Crippen LogP contribution is -2.62. The van der Waals surface area contributed by atoms with Gasteiger partial charge in [-0.3, -0.25) is 14.8 Å². The van der Waals surface area contributed by atoms with Crippen LogP contribution in [0.3, 0.4) is 0 Å². The molecule has 4 heterocycles. The summed E-state index contributed by atoms with van der Waals surface area (Å²) in [6.45, 7) is 10.6. The van der Waals surface area contributed by atoms with Crippen molar-refractivity contribution in [2.45, 2.75) is 39.3 Å². The number of halogens is 1. The summed E-state index contributed by atoms with van der Waals surface area (Å²) in [6, 6.07) is 11.3. The minimum absolute atomic E-state index is 0.0270. The van der Waals surface area contributed by atoms with E-state index >= 15 is 0 Å². The molecule has 2 aromatic heterocycles. The maximum atomic E-state index is 13.1. The number of rotatable bonds is 7. The van der Waals surface area contributed by atoms with Gasteiger partial charge in [-0.25, -0.2) is 0 Å². The molecule has 0 amide bonds. The molecule has 43 heavy (non-hydrogen) atoms. The van der Waals surface area contributed by atoms with Gasteiger partial charge < -0.3 is 25.4 Å². The summed E-state index contributed by atoms with van der Waals surface area (Å²) in [4.78, 5) is 17.7. The number of aromatic nitrogens is 2. The van der Waals surface area contributed by atoms with E-state index in [1.54, 1.807) is 24.0 Å². The van der Waals surface area contributed by atoms with Crippen LogP contribution in [0.2, 0.25) is 5.02 Å². The molecule has 0 unspecified atom stereocenters. The Morgan fingerprint density at radius 2 is 2.00 bits per heavy atom. The van der Waals surface area contributed by atoms with Gasteiger partial charge >= 0.3 is 0 Å². The molecule has 0 radical (unpaired) electrons. The summed E-state index contributed by atoms with van der Waals surface area (Å²) in [7, 11) is 1.76. The third-order valence-corrected chi connectivity index (χ3v) is 8.25. The minimum atomic E-state index is -0.374. The first kappa shape index (κ1) is 28.9. The Hall–Kier alpha value is -4.23. The molecule has 2 aliphatic rings. The Morgan fingerprint density at radius 1 is 1.21 bits per heavy atom. The number of pyridine rings is 2. The van der Waals surface area contributed by atoms with E-state index < -0.39 is 0 Å². The number of fused-ring (bicyclic) bond motifs is 2.